The highest BCUT2D eigenvalue weighted by molar-refractivity contribution is 14.0. The van der Waals surface area contributed by atoms with E-state index >= 15 is 0 Å². The number of likely N-dealkylation sites (tertiary alicyclic amines) is 1. The lowest BCUT2D eigenvalue weighted by molar-refractivity contribution is 0.221. The predicted molar refractivity (Wildman–Crippen MR) is 100 cm³/mol. The van der Waals surface area contributed by atoms with Crippen molar-refractivity contribution in [1.29, 1.82) is 0 Å². The predicted octanol–water partition coefficient (Wildman–Crippen LogP) is 2.59. The van der Waals surface area contributed by atoms with Crippen LogP contribution in [0.15, 0.2) is 29.3 Å². The topological polar surface area (TPSA) is 39.7 Å². The van der Waals surface area contributed by atoms with Crippen LogP contribution in [-0.4, -0.2) is 38.0 Å². The average Bonchev–Trinajstić information content (AvgIpc) is 2.51. The molecule has 0 atom stereocenters. The maximum atomic E-state index is 4.10. The van der Waals surface area contributed by atoms with Gasteiger partial charge in [0.25, 0.3) is 0 Å². The quantitative estimate of drug-likeness (QED) is 0.462. The molecule has 1 aromatic rings. The summed E-state index contributed by atoms with van der Waals surface area (Å²) in [5.74, 6) is 0.822. The molecule has 1 aromatic carbocycles. The molecule has 21 heavy (non-hydrogen) atoms. The number of benzene rings is 1. The molecule has 4 nitrogen and oxygen atoms in total. The summed E-state index contributed by atoms with van der Waals surface area (Å²) in [7, 11) is 3.65. The van der Waals surface area contributed by atoms with E-state index < -0.39 is 0 Å². The summed E-state index contributed by atoms with van der Waals surface area (Å²) < 4.78 is 0. The highest BCUT2D eigenvalue weighted by Crippen LogP contribution is 2.13. The lowest BCUT2D eigenvalue weighted by Crippen LogP contribution is -2.34. The van der Waals surface area contributed by atoms with Crippen LogP contribution >= 0.6 is 24.0 Å². The molecular formula is C16H27IN4. The van der Waals surface area contributed by atoms with Crippen LogP contribution in [0.2, 0.25) is 0 Å². The second-order valence-electron chi connectivity index (χ2n) is 5.33. The van der Waals surface area contributed by atoms with Gasteiger partial charge < -0.3 is 10.6 Å². The summed E-state index contributed by atoms with van der Waals surface area (Å²) in [6, 6.07) is 8.89. The second-order valence-corrected chi connectivity index (χ2v) is 5.33. The van der Waals surface area contributed by atoms with Crippen LogP contribution in [0.5, 0.6) is 0 Å². The van der Waals surface area contributed by atoms with Crippen molar-refractivity contribution in [2.75, 3.05) is 27.2 Å². The maximum absolute atomic E-state index is 4.10. The van der Waals surface area contributed by atoms with Crippen molar-refractivity contribution in [2.45, 2.75) is 32.4 Å². The third-order valence-electron chi connectivity index (χ3n) is 3.80. The van der Waals surface area contributed by atoms with E-state index in [9.17, 15) is 0 Å². The van der Waals surface area contributed by atoms with Gasteiger partial charge in [0.15, 0.2) is 5.96 Å². The molecule has 1 fully saturated rings. The third kappa shape index (κ3) is 6.22. The highest BCUT2D eigenvalue weighted by Gasteiger charge is 2.10. The van der Waals surface area contributed by atoms with E-state index in [1.165, 1.54) is 43.5 Å². The molecule has 0 unspecified atom stereocenters. The van der Waals surface area contributed by atoms with Crippen molar-refractivity contribution in [3.05, 3.63) is 35.4 Å². The summed E-state index contributed by atoms with van der Waals surface area (Å²) in [5.41, 5.74) is 2.69. The Morgan fingerprint density at radius 1 is 1.10 bits per heavy atom. The average molecular weight is 402 g/mol. The fourth-order valence-corrected chi connectivity index (χ4v) is 2.60. The van der Waals surface area contributed by atoms with Crippen molar-refractivity contribution in [3.8, 4) is 0 Å². The zero-order chi connectivity index (χ0) is 14.2. The number of nitrogens with zero attached hydrogens (tertiary/aromatic N) is 2. The Morgan fingerprint density at radius 2 is 1.71 bits per heavy atom. The molecule has 1 heterocycles. The SMILES string of the molecule is CN=C(NC)NCc1ccc(CN2CCCCC2)cc1.I. The Balaban J connectivity index is 0.00000220. The number of piperidine rings is 1. The Hall–Kier alpha value is -0.820. The van der Waals surface area contributed by atoms with Crippen molar-refractivity contribution < 1.29 is 0 Å². The number of hydrogen-bond donors (Lipinski definition) is 2. The molecule has 0 spiro atoms. The number of halogens is 1. The van der Waals surface area contributed by atoms with Crippen molar-refractivity contribution in [3.63, 3.8) is 0 Å². The number of rotatable bonds is 4. The fraction of sp³-hybridized carbons (Fsp3) is 0.562. The van der Waals surface area contributed by atoms with Crippen molar-refractivity contribution >= 4 is 29.9 Å². The molecule has 0 bridgehead atoms. The van der Waals surface area contributed by atoms with Crippen molar-refractivity contribution in [2.24, 2.45) is 4.99 Å². The first-order valence-corrected chi connectivity index (χ1v) is 7.50. The van der Waals surface area contributed by atoms with Crippen LogP contribution in [0, 0.1) is 0 Å². The Labute approximate surface area is 145 Å². The van der Waals surface area contributed by atoms with E-state index in [1.54, 1.807) is 7.05 Å². The Morgan fingerprint density at radius 3 is 2.29 bits per heavy atom. The summed E-state index contributed by atoms with van der Waals surface area (Å²) in [5, 5.41) is 6.28. The van der Waals surface area contributed by atoms with Crippen LogP contribution in [0.3, 0.4) is 0 Å². The fourth-order valence-electron chi connectivity index (χ4n) is 2.60. The first-order valence-electron chi connectivity index (χ1n) is 7.50. The molecule has 1 saturated heterocycles. The molecule has 2 rings (SSSR count). The molecule has 1 aliphatic heterocycles. The number of guanidine groups is 1. The summed E-state index contributed by atoms with van der Waals surface area (Å²) in [6.07, 6.45) is 4.10. The molecule has 0 aliphatic carbocycles. The van der Waals surface area contributed by atoms with Gasteiger partial charge in [0.1, 0.15) is 0 Å². The van der Waals surface area contributed by atoms with E-state index in [0.29, 0.717) is 0 Å². The largest absolute Gasteiger partial charge is 0.359 e. The zero-order valence-corrected chi connectivity index (χ0v) is 15.4. The molecule has 5 heteroatoms. The summed E-state index contributed by atoms with van der Waals surface area (Å²) in [4.78, 5) is 6.66. The maximum Gasteiger partial charge on any atom is 0.190 e. The van der Waals surface area contributed by atoms with Crippen LogP contribution in [0.4, 0.5) is 0 Å². The van der Waals surface area contributed by atoms with Crippen molar-refractivity contribution in [1.82, 2.24) is 15.5 Å². The lowest BCUT2D eigenvalue weighted by atomic mass is 10.1. The number of hydrogen-bond acceptors (Lipinski definition) is 2. The zero-order valence-electron chi connectivity index (χ0n) is 13.1. The van der Waals surface area contributed by atoms with Gasteiger partial charge in [-0.25, -0.2) is 0 Å². The third-order valence-corrected chi connectivity index (χ3v) is 3.80. The van der Waals surface area contributed by atoms with E-state index in [2.05, 4.69) is 44.8 Å². The van der Waals surface area contributed by atoms with Crippen LogP contribution < -0.4 is 10.6 Å². The molecule has 0 radical (unpaired) electrons. The van der Waals surface area contributed by atoms with Crippen LogP contribution in [0.1, 0.15) is 30.4 Å². The molecule has 0 aromatic heterocycles. The van der Waals surface area contributed by atoms with Gasteiger partial charge in [0.05, 0.1) is 0 Å². The Kier molecular flexibility index (Phi) is 8.68. The minimum atomic E-state index is 0. The molecule has 118 valence electrons. The van der Waals surface area contributed by atoms with E-state index in [-0.39, 0.29) is 24.0 Å². The summed E-state index contributed by atoms with van der Waals surface area (Å²) in [6.45, 7) is 4.40. The van der Waals surface area contributed by atoms with Gasteiger partial charge in [-0.2, -0.15) is 0 Å². The lowest BCUT2D eigenvalue weighted by Gasteiger charge is -2.26. The monoisotopic (exact) mass is 402 g/mol. The van der Waals surface area contributed by atoms with Gasteiger partial charge in [-0.3, -0.25) is 9.89 Å². The molecule has 0 saturated carbocycles. The molecule has 0 amide bonds. The van der Waals surface area contributed by atoms with E-state index in [0.717, 1.165) is 19.0 Å². The van der Waals surface area contributed by atoms with Crippen LogP contribution in [-0.2, 0) is 13.1 Å². The van der Waals surface area contributed by atoms with Gasteiger partial charge in [-0.15, -0.1) is 24.0 Å². The first-order chi connectivity index (χ1) is 9.81. The summed E-state index contributed by atoms with van der Waals surface area (Å²) >= 11 is 0. The minimum absolute atomic E-state index is 0. The normalized spacial score (nSPS) is 16.2. The number of aliphatic imine (C=N–C) groups is 1. The van der Waals surface area contributed by atoms with E-state index in [1.807, 2.05) is 7.05 Å². The highest BCUT2D eigenvalue weighted by atomic mass is 127. The van der Waals surface area contributed by atoms with Gasteiger partial charge >= 0.3 is 0 Å². The van der Waals surface area contributed by atoms with Gasteiger partial charge in [-0.1, -0.05) is 30.7 Å². The smallest absolute Gasteiger partial charge is 0.190 e. The standard InChI is InChI=1S/C16H26N4.HI/c1-17-16(18-2)19-12-14-6-8-15(9-7-14)13-20-10-4-3-5-11-20;/h6-9H,3-5,10-13H2,1-2H3,(H2,17,18,19);1H. The Bertz CT molecular complexity index is 424. The van der Waals surface area contributed by atoms with E-state index in [4.69, 9.17) is 0 Å². The first kappa shape index (κ1) is 18.2. The van der Waals surface area contributed by atoms with Crippen LogP contribution in [0.25, 0.3) is 0 Å². The molecule has 2 N–H and O–H groups in total. The second kappa shape index (κ2) is 10.00. The molecular weight excluding hydrogens is 375 g/mol. The molecule has 1 aliphatic rings. The van der Waals surface area contributed by atoms with Gasteiger partial charge in [0.2, 0.25) is 0 Å². The van der Waals surface area contributed by atoms with Gasteiger partial charge in [-0.05, 0) is 37.1 Å². The minimum Gasteiger partial charge on any atom is -0.359 e. The van der Waals surface area contributed by atoms with Gasteiger partial charge in [0, 0.05) is 27.2 Å². The number of nitrogens with one attached hydrogen (secondary N) is 2.